The summed E-state index contributed by atoms with van der Waals surface area (Å²) in [6, 6.07) is 5.40. The number of hydrogen-bond donors (Lipinski definition) is 1. The van der Waals surface area contributed by atoms with Gasteiger partial charge in [-0.25, -0.2) is 19.3 Å². The van der Waals surface area contributed by atoms with Crippen LogP contribution in [0.1, 0.15) is 0 Å². The average Bonchev–Trinajstić information content (AvgIpc) is 2.96. The molecule has 0 aliphatic heterocycles. The predicted molar refractivity (Wildman–Crippen MR) is 76.1 cm³/mol. The topological polar surface area (TPSA) is 73.1 Å². The molecule has 0 saturated heterocycles. The maximum Gasteiger partial charge on any atom is 0.230 e. The van der Waals surface area contributed by atoms with Gasteiger partial charge in [-0.05, 0) is 12.1 Å². The lowest BCUT2D eigenvalue weighted by Crippen LogP contribution is -2.06. The molecule has 6 nitrogen and oxygen atoms in total. The van der Waals surface area contributed by atoms with Gasteiger partial charge in [0.05, 0.1) is 12.7 Å². The predicted octanol–water partition coefficient (Wildman–Crippen LogP) is 2.67. The van der Waals surface area contributed by atoms with Crippen LogP contribution < -0.4 is 10.1 Å². The van der Waals surface area contributed by atoms with E-state index in [0.717, 1.165) is 5.52 Å². The zero-order chi connectivity index (χ0) is 14.7. The molecule has 2 heterocycles. The van der Waals surface area contributed by atoms with Crippen LogP contribution in [0.15, 0.2) is 35.0 Å². The van der Waals surface area contributed by atoms with Crippen LogP contribution in [0.5, 0.6) is 5.75 Å². The molecule has 7 heteroatoms. The molecular formula is C14H13FN4O2. The van der Waals surface area contributed by atoms with Gasteiger partial charge in [0.15, 0.2) is 5.58 Å². The number of oxazole rings is 1. The average molecular weight is 288 g/mol. The van der Waals surface area contributed by atoms with Gasteiger partial charge >= 0.3 is 0 Å². The van der Waals surface area contributed by atoms with Crippen LogP contribution in [0.3, 0.4) is 0 Å². The fraction of sp³-hybridized carbons (Fsp3) is 0.214. The largest absolute Gasteiger partial charge is 0.497 e. The Morgan fingerprint density at radius 1 is 1.29 bits per heavy atom. The van der Waals surface area contributed by atoms with E-state index < -0.39 is 6.67 Å². The molecule has 1 N–H and O–H groups in total. The third-order valence-electron chi connectivity index (χ3n) is 2.87. The lowest BCUT2D eigenvalue weighted by Gasteiger charge is -2.01. The molecule has 0 spiro atoms. The van der Waals surface area contributed by atoms with Crippen LogP contribution >= 0.6 is 0 Å². The van der Waals surface area contributed by atoms with Crippen molar-refractivity contribution in [2.24, 2.45) is 0 Å². The highest BCUT2D eigenvalue weighted by Crippen LogP contribution is 2.26. The van der Waals surface area contributed by atoms with E-state index >= 15 is 0 Å². The van der Waals surface area contributed by atoms with Crippen LogP contribution in [0, 0.1) is 0 Å². The second kappa shape index (κ2) is 5.74. The number of halogens is 1. The molecule has 108 valence electrons. The molecule has 2 aromatic heterocycles. The standard InChI is InChI=1S/C14H13FN4O2/c1-20-10-2-3-11-12(6-10)21-13(19-11)9-7-17-14(18-8-9)16-5-4-15/h2-3,6-8H,4-5H2,1H3,(H,16,17,18). The molecule has 0 radical (unpaired) electrons. The summed E-state index contributed by atoms with van der Waals surface area (Å²) in [7, 11) is 1.59. The second-order valence-electron chi connectivity index (χ2n) is 4.26. The van der Waals surface area contributed by atoms with Crippen molar-refractivity contribution in [2.45, 2.75) is 0 Å². The van der Waals surface area contributed by atoms with Crippen molar-refractivity contribution in [3.63, 3.8) is 0 Å². The maximum absolute atomic E-state index is 12.0. The molecule has 3 rings (SSSR count). The Morgan fingerprint density at radius 2 is 2.10 bits per heavy atom. The SMILES string of the molecule is COc1ccc2nc(-c3cnc(NCCF)nc3)oc2c1. The molecule has 0 fully saturated rings. The normalized spacial score (nSPS) is 10.8. The summed E-state index contributed by atoms with van der Waals surface area (Å²) >= 11 is 0. The van der Waals surface area contributed by atoms with Crippen molar-refractivity contribution in [3.05, 3.63) is 30.6 Å². The number of rotatable bonds is 5. The highest BCUT2D eigenvalue weighted by Gasteiger charge is 2.10. The third-order valence-corrected chi connectivity index (χ3v) is 2.87. The molecule has 3 aromatic rings. The zero-order valence-corrected chi connectivity index (χ0v) is 11.3. The van der Waals surface area contributed by atoms with Gasteiger partial charge < -0.3 is 14.5 Å². The van der Waals surface area contributed by atoms with Crippen molar-refractivity contribution in [2.75, 3.05) is 25.6 Å². The Balaban J connectivity index is 1.89. The van der Waals surface area contributed by atoms with Gasteiger partial charge in [0.2, 0.25) is 11.8 Å². The Hall–Kier alpha value is -2.70. The van der Waals surface area contributed by atoms with E-state index in [9.17, 15) is 4.39 Å². The van der Waals surface area contributed by atoms with Crippen LogP contribution in [-0.2, 0) is 0 Å². The number of benzene rings is 1. The number of nitrogens with zero attached hydrogens (tertiary/aromatic N) is 3. The Morgan fingerprint density at radius 3 is 2.81 bits per heavy atom. The monoisotopic (exact) mass is 288 g/mol. The number of methoxy groups -OCH3 is 1. The Bertz CT molecular complexity index is 742. The smallest absolute Gasteiger partial charge is 0.230 e. The van der Waals surface area contributed by atoms with Crippen molar-refractivity contribution < 1.29 is 13.5 Å². The Labute approximate surface area is 120 Å². The molecular weight excluding hydrogens is 275 g/mol. The number of fused-ring (bicyclic) bond motifs is 1. The Kier molecular flexibility index (Phi) is 3.63. The van der Waals surface area contributed by atoms with E-state index in [1.165, 1.54) is 0 Å². The molecule has 0 amide bonds. The first-order chi connectivity index (χ1) is 10.3. The molecule has 21 heavy (non-hydrogen) atoms. The fourth-order valence-electron chi connectivity index (χ4n) is 1.84. The van der Waals surface area contributed by atoms with Gasteiger partial charge in [-0.2, -0.15) is 0 Å². The van der Waals surface area contributed by atoms with Gasteiger partial charge in [-0.1, -0.05) is 0 Å². The summed E-state index contributed by atoms with van der Waals surface area (Å²) in [5.74, 6) is 1.50. The van der Waals surface area contributed by atoms with Crippen molar-refractivity contribution >= 4 is 17.0 Å². The minimum atomic E-state index is -0.474. The molecule has 0 unspecified atom stereocenters. The summed E-state index contributed by atoms with van der Waals surface area (Å²) in [6.07, 6.45) is 3.16. The zero-order valence-electron chi connectivity index (χ0n) is 11.3. The van der Waals surface area contributed by atoms with Gasteiger partial charge in [-0.15, -0.1) is 0 Å². The number of hydrogen-bond acceptors (Lipinski definition) is 6. The highest BCUT2D eigenvalue weighted by molar-refractivity contribution is 5.77. The van der Waals surface area contributed by atoms with Crippen molar-refractivity contribution in [3.8, 4) is 17.2 Å². The fourth-order valence-corrected chi connectivity index (χ4v) is 1.84. The summed E-state index contributed by atoms with van der Waals surface area (Å²) in [5.41, 5.74) is 2.00. The van der Waals surface area contributed by atoms with Gasteiger partial charge in [0.1, 0.15) is 17.9 Å². The van der Waals surface area contributed by atoms with Crippen LogP contribution in [-0.4, -0.2) is 35.3 Å². The number of nitrogens with one attached hydrogen (secondary N) is 1. The van der Waals surface area contributed by atoms with E-state index in [1.807, 2.05) is 12.1 Å². The number of alkyl halides is 1. The van der Waals surface area contributed by atoms with Crippen molar-refractivity contribution in [1.29, 1.82) is 0 Å². The minimum Gasteiger partial charge on any atom is -0.497 e. The molecule has 0 saturated carbocycles. The molecule has 1 aromatic carbocycles. The van der Waals surface area contributed by atoms with Crippen molar-refractivity contribution in [1.82, 2.24) is 15.0 Å². The highest BCUT2D eigenvalue weighted by atomic mass is 19.1. The van der Waals surface area contributed by atoms with Gasteiger partial charge in [-0.3, -0.25) is 0 Å². The quantitative estimate of drug-likeness (QED) is 0.778. The summed E-state index contributed by atoms with van der Waals surface area (Å²) in [5, 5.41) is 2.75. The number of aromatic nitrogens is 3. The summed E-state index contributed by atoms with van der Waals surface area (Å²) in [4.78, 5) is 12.5. The number of ether oxygens (including phenoxy) is 1. The lowest BCUT2D eigenvalue weighted by molar-refractivity contribution is 0.414. The molecule has 0 aliphatic carbocycles. The molecule has 0 aliphatic rings. The van der Waals surface area contributed by atoms with Gasteiger partial charge in [0.25, 0.3) is 0 Å². The summed E-state index contributed by atoms with van der Waals surface area (Å²) < 4.78 is 22.9. The first-order valence-corrected chi connectivity index (χ1v) is 6.37. The van der Waals surface area contributed by atoms with E-state index in [2.05, 4.69) is 20.3 Å². The lowest BCUT2D eigenvalue weighted by atomic mass is 10.3. The van der Waals surface area contributed by atoms with E-state index in [0.29, 0.717) is 28.7 Å². The van der Waals surface area contributed by atoms with Crippen LogP contribution in [0.2, 0.25) is 0 Å². The molecule has 0 atom stereocenters. The van der Waals surface area contributed by atoms with E-state index in [-0.39, 0.29) is 6.54 Å². The van der Waals surface area contributed by atoms with E-state index in [1.54, 1.807) is 25.6 Å². The van der Waals surface area contributed by atoms with E-state index in [4.69, 9.17) is 9.15 Å². The second-order valence-corrected chi connectivity index (χ2v) is 4.26. The van der Waals surface area contributed by atoms with Gasteiger partial charge in [0, 0.05) is 25.0 Å². The first kappa shape index (κ1) is 13.3. The number of anilines is 1. The summed E-state index contributed by atoms with van der Waals surface area (Å²) in [6.45, 7) is -0.292. The first-order valence-electron chi connectivity index (χ1n) is 6.37. The van der Waals surface area contributed by atoms with Crippen LogP contribution in [0.4, 0.5) is 10.3 Å². The molecule has 0 bridgehead atoms. The third kappa shape index (κ3) is 2.76. The minimum absolute atomic E-state index is 0.183. The van der Waals surface area contributed by atoms with Crippen LogP contribution in [0.25, 0.3) is 22.6 Å². The maximum atomic E-state index is 12.0.